The van der Waals surface area contributed by atoms with Gasteiger partial charge in [0.1, 0.15) is 6.61 Å². The van der Waals surface area contributed by atoms with Gasteiger partial charge in [-0.2, -0.15) is 8.42 Å². The molecule has 0 spiro atoms. The van der Waals surface area contributed by atoms with E-state index in [0.29, 0.717) is 0 Å². The molecule has 0 fully saturated rings. The Morgan fingerprint density at radius 3 is 2.50 bits per heavy atom. The van der Waals surface area contributed by atoms with Crippen LogP contribution in [0.4, 0.5) is 8.78 Å². The van der Waals surface area contributed by atoms with E-state index < -0.39 is 23.2 Å². The predicted molar refractivity (Wildman–Crippen MR) is 37.9 cm³/mol. The SMILES string of the molecule is NS(=O)(=O)NCCOCC(F)F. The standard InChI is InChI=1S/C4H10F2N2O3S/c5-4(6)3-11-2-1-8-12(7,9)10/h4,8H,1-3H2,(H2,7,9,10). The molecule has 0 aliphatic heterocycles. The lowest BCUT2D eigenvalue weighted by Gasteiger charge is -2.03. The van der Waals surface area contributed by atoms with Crippen LogP contribution in [0.2, 0.25) is 0 Å². The first-order valence-corrected chi connectivity index (χ1v) is 4.60. The van der Waals surface area contributed by atoms with Crippen molar-refractivity contribution in [1.29, 1.82) is 0 Å². The molecule has 0 amide bonds. The van der Waals surface area contributed by atoms with Gasteiger partial charge in [-0.25, -0.2) is 18.6 Å². The Morgan fingerprint density at radius 1 is 1.50 bits per heavy atom. The zero-order chi connectivity index (χ0) is 9.61. The summed E-state index contributed by atoms with van der Waals surface area (Å²) in [5, 5.41) is 4.53. The van der Waals surface area contributed by atoms with E-state index in [1.165, 1.54) is 0 Å². The molecule has 0 heterocycles. The lowest BCUT2D eigenvalue weighted by Crippen LogP contribution is -2.33. The first-order valence-electron chi connectivity index (χ1n) is 3.05. The molecule has 0 saturated carbocycles. The fourth-order valence-corrected chi connectivity index (χ4v) is 0.796. The van der Waals surface area contributed by atoms with Crippen molar-refractivity contribution in [2.45, 2.75) is 6.43 Å². The van der Waals surface area contributed by atoms with Gasteiger partial charge in [0.25, 0.3) is 16.6 Å². The second-order valence-corrected chi connectivity index (χ2v) is 3.28. The zero-order valence-corrected chi connectivity index (χ0v) is 6.98. The molecule has 0 bridgehead atoms. The second kappa shape index (κ2) is 5.36. The van der Waals surface area contributed by atoms with E-state index in [0.717, 1.165) is 0 Å². The fraction of sp³-hybridized carbons (Fsp3) is 1.00. The van der Waals surface area contributed by atoms with Gasteiger partial charge in [0.2, 0.25) is 0 Å². The van der Waals surface area contributed by atoms with Gasteiger partial charge in [-0.05, 0) is 0 Å². The van der Waals surface area contributed by atoms with Crippen molar-refractivity contribution < 1.29 is 21.9 Å². The molecule has 5 nitrogen and oxygen atoms in total. The summed E-state index contributed by atoms with van der Waals surface area (Å²) in [5.41, 5.74) is 0. The minimum absolute atomic E-state index is 0.106. The number of hydrogen-bond donors (Lipinski definition) is 2. The maximum Gasteiger partial charge on any atom is 0.274 e. The van der Waals surface area contributed by atoms with E-state index in [1.807, 2.05) is 4.72 Å². The molecule has 0 aromatic rings. The summed E-state index contributed by atoms with van der Waals surface area (Å²) in [4.78, 5) is 0. The highest BCUT2D eigenvalue weighted by Crippen LogP contribution is 1.91. The molecule has 0 atom stereocenters. The van der Waals surface area contributed by atoms with E-state index in [2.05, 4.69) is 9.88 Å². The van der Waals surface area contributed by atoms with Gasteiger partial charge >= 0.3 is 0 Å². The van der Waals surface area contributed by atoms with E-state index in [4.69, 9.17) is 0 Å². The summed E-state index contributed by atoms with van der Waals surface area (Å²) in [6.07, 6.45) is -2.54. The van der Waals surface area contributed by atoms with Crippen LogP contribution in [-0.4, -0.2) is 34.6 Å². The average molecular weight is 204 g/mol. The van der Waals surface area contributed by atoms with E-state index >= 15 is 0 Å². The van der Waals surface area contributed by atoms with Crippen LogP contribution in [0.1, 0.15) is 0 Å². The van der Waals surface area contributed by atoms with Crippen LogP contribution in [0.5, 0.6) is 0 Å². The topological polar surface area (TPSA) is 81.4 Å². The minimum Gasteiger partial charge on any atom is -0.374 e. The molecule has 0 rings (SSSR count). The first-order chi connectivity index (χ1) is 5.42. The van der Waals surface area contributed by atoms with Crippen LogP contribution in [-0.2, 0) is 14.9 Å². The van der Waals surface area contributed by atoms with Crippen molar-refractivity contribution in [3.8, 4) is 0 Å². The largest absolute Gasteiger partial charge is 0.374 e. The van der Waals surface area contributed by atoms with Gasteiger partial charge in [0.15, 0.2) is 0 Å². The van der Waals surface area contributed by atoms with Crippen LogP contribution < -0.4 is 9.86 Å². The Morgan fingerprint density at radius 2 is 2.08 bits per heavy atom. The maximum absolute atomic E-state index is 11.4. The normalized spacial score (nSPS) is 12.3. The Hall–Kier alpha value is -0.310. The Bertz CT molecular complexity index is 206. The zero-order valence-electron chi connectivity index (χ0n) is 6.16. The van der Waals surface area contributed by atoms with Gasteiger partial charge < -0.3 is 4.74 Å². The van der Waals surface area contributed by atoms with Crippen molar-refractivity contribution >= 4 is 10.2 Å². The molecule has 3 N–H and O–H groups in total. The van der Waals surface area contributed by atoms with Crippen molar-refractivity contribution in [3.63, 3.8) is 0 Å². The summed E-state index contributed by atoms with van der Waals surface area (Å²) >= 11 is 0. The van der Waals surface area contributed by atoms with Crippen molar-refractivity contribution in [1.82, 2.24) is 4.72 Å². The Kier molecular flexibility index (Phi) is 5.22. The highest BCUT2D eigenvalue weighted by molar-refractivity contribution is 7.87. The molecule has 0 aliphatic rings. The summed E-state index contributed by atoms with van der Waals surface area (Å²) in [7, 11) is -3.74. The van der Waals surface area contributed by atoms with Gasteiger partial charge in [0, 0.05) is 6.54 Å². The highest BCUT2D eigenvalue weighted by Gasteiger charge is 2.02. The van der Waals surface area contributed by atoms with Crippen molar-refractivity contribution in [3.05, 3.63) is 0 Å². The third kappa shape index (κ3) is 9.69. The number of rotatable bonds is 6. The third-order valence-electron chi connectivity index (χ3n) is 0.793. The lowest BCUT2D eigenvalue weighted by atomic mass is 10.7. The van der Waals surface area contributed by atoms with E-state index in [9.17, 15) is 17.2 Å². The summed E-state index contributed by atoms with van der Waals surface area (Å²) in [6.45, 7) is -0.932. The molecule has 12 heavy (non-hydrogen) atoms. The molecule has 0 aromatic heterocycles. The maximum atomic E-state index is 11.4. The lowest BCUT2D eigenvalue weighted by molar-refractivity contribution is 0.0199. The molecule has 0 saturated heterocycles. The van der Waals surface area contributed by atoms with Crippen LogP contribution in [0.15, 0.2) is 0 Å². The highest BCUT2D eigenvalue weighted by atomic mass is 32.2. The van der Waals surface area contributed by atoms with Crippen molar-refractivity contribution in [2.75, 3.05) is 19.8 Å². The summed E-state index contributed by atoms with van der Waals surface area (Å²) in [6, 6.07) is 0. The number of nitrogens with two attached hydrogens (primary N) is 1. The Balaban J connectivity index is 3.23. The molecule has 0 aliphatic carbocycles. The fourth-order valence-electron chi connectivity index (χ4n) is 0.429. The monoisotopic (exact) mass is 204 g/mol. The molecule has 0 unspecified atom stereocenters. The molecule has 0 radical (unpaired) electrons. The Labute approximate surface area is 69.1 Å². The van der Waals surface area contributed by atoms with E-state index in [1.54, 1.807) is 0 Å². The predicted octanol–water partition coefficient (Wildman–Crippen LogP) is -0.939. The van der Waals surface area contributed by atoms with Crippen LogP contribution >= 0.6 is 0 Å². The number of ether oxygens (including phenoxy) is 1. The second-order valence-electron chi connectivity index (χ2n) is 1.91. The van der Waals surface area contributed by atoms with Gasteiger partial charge in [0.05, 0.1) is 6.61 Å². The number of hydrogen-bond acceptors (Lipinski definition) is 3. The molecule has 8 heteroatoms. The smallest absolute Gasteiger partial charge is 0.274 e. The molecular weight excluding hydrogens is 194 g/mol. The van der Waals surface area contributed by atoms with Crippen LogP contribution in [0, 0.1) is 0 Å². The quantitative estimate of drug-likeness (QED) is 0.548. The van der Waals surface area contributed by atoms with Crippen molar-refractivity contribution in [2.24, 2.45) is 5.14 Å². The van der Waals surface area contributed by atoms with E-state index in [-0.39, 0.29) is 13.2 Å². The molecule has 74 valence electrons. The van der Waals surface area contributed by atoms with Gasteiger partial charge in [-0.1, -0.05) is 0 Å². The van der Waals surface area contributed by atoms with Gasteiger partial charge in [-0.15, -0.1) is 0 Å². The molecular formula is C4H10F2N2O3S. The van der Waals surface area contributed by atoms with Crippen LogP contribution in [0.3, 0.4) is 0 Å². The minimum atomic E-state index is -3.74. The third-order valence-corrected chi connectivity index (χ3v) is 1.40. The summed E-state index contributed by atoms with van der Waals surface area (Å²) < 4.78 is 49.4. The number of halogens is 2. The average Bonchev–Trinajstić information content (AvgIpc) is 1.83. The van der Waals surface area contributed by atoms with Gasteiger partial charge in [-0.3, -0.25) is 0 Å². The number of nitrogens with one attached hydrogen (secondary N) is 1. The first kappa shape index (κ1) is 11.7. The molecule has 0 aromatic carbocycles. The summed E-state index contributed by atoms with van der Waals surface area (Å²) in [5.74, 6) is 0. The van der Waals surface area contributed by atoms with Crippen LogP contribution in [0.25, 0.3) is 0 Å². The number of alkyl halides is 2.